The van der Waals surface area contributed by atoms with Crippen LogP contribution < -0.4 is 5.32 Å². The molecule has 0 fully saturated rings. The summed E-state index contributed by atoms with van der Waals surface area (Å²) in [5.41, 5.74) is 0.134. The quantitative estimate of drug-likeness (QED) is 0.886. The van der Waals surface area contributed by atoms with Gasteiger partial charge in [-0.1, -0.05) is 11.6 Å². The molecular formula is C11H6ClF3N2O2S. The first-order chi connectivity index (χ1) is 9.27. The first kappa shape index (κ1) is 14.6. The SMILES string of the molecule is O=C(O)c1ncsc1Nc1cc(Cl)cc(C(F)(F)F)c1. The van der Waals surface area contributed by atoms with Crippen LogP contribution in [0.15, 0.2) is 23.7 Å². The zero-order chi connectivity index (χ0) is 14.9. The number of nitrogens with zero attached hydrogens (tertiary/aromatic N) is 1. The van der Waals surface area contributed by atoms with Crippen LogP contribution in [0.5, 0.6) is 0 Å². The fourth-order valence-corrected chi connectivity index (χ4v) is 2.37. The fourth-order valence-electron chi connectivity index (χ4n) is 1.44. The Labute approximate surface area is 119 Å². The van der Waals surface area contributed by atoms with E-state index in [9.17, 15) is 18.0 Å². The first-order valence-corrected chi connectivity index (χ1v) is 6.34. The Bertz CT molecular complexity index is 657. The Balaban J connectivity index is 2.37. The predicted molar refractivity (Wildman–Crippen MR) is 68.8 cm³/mol. The van der Waals surface area contributed by atoms with Crippen molar-refractivity contribution in [2.45, 2.75) is 6.18 Å². The summed E-state index contributed by atoms with van der Waals surface area (Å²) in [5.74, 6) is -1.27. The molecule has 1 aromatic heterocycles. The van der Waals surface area contributed by atoms with Crippen LogP contribution in [-0.4, -0.2) is 16.1 Å². The molecule has 9 heteroatoms. The third-order valence-corrected chi connectivity index (χ3v) is 3.21. The van der Waals surface area contributed by atoms with Gasteiger partial charge in [-0.25, -0.2) is 9.78 Å². The molecule has 0 saturated heterocycles. The number of thiazole rings is 1. The van der Waals surface area contributed by atoms with Gasteiger partial charge >= 0.3 is 12.1 Å². The van der Waals surface area contributed by atoms with Crippen molar-refractivity contribution in [1.82, 2.24) is 4.98 Å². The minimum Gasteiger partial charge on any atom is -0.476 e. The van der Waals surface area contributed by atoms with Gasteiger partial charge in [-0.3, -0.25) is 0 Å². The lowest BCUT2D eigenvalue weighted by atomic mass is 10.2. The molecule has 0 aliphatic rings. The van der Waals surface area contributed by atoms with Gasteiger partial charge in [-0.15, -0.1) is 11.3 Å². The molecular weight excluding hydrogens is 317 g/mol. The normalized spacial score (nSPS) is 11.4. The molecule has 0 atom stereocenters. The monoisotopic (exact) mass is 322 g/mol. The molecule has 1 aromatic carbocycles. The number of aromatic nitrogens is 1. The molecule has 0 saturated carbocycles. The number of hydrogen-bond donors (Lipinski definition) is 2. The Hall–Kier alpha value is -1.80. The van der Waals surface area contributed by atoms with Gasteiger partial charge in [0.15, 0.2) is 5.69 Å². The topological polar surface area (TPSA) is 62.2 Å². The van der Waals surface area contributed by atoms with Crippen LogP contribution in [0.1, 0.15) is 16.1 Å². The lowest BCUT2D eigenvalue weighted by Crippen LogP contribution is -2.06. The largest absolute Gasteiger partial charge is 0.476 e. The number of carbonyl (C=O) groups is 1. The van der Waals surface area contributed by atoms with E-state index in [0.29, 0.717) is 0 Å². The molecule has 4 nitrogen and oxygen atoms in total. The van der Waals surface area contributed by atoms with Gasteiger partial charge in [0.05, 0.1) is 11.1 Å². The van der Waals surface area contributed by atoms with Crippen molar-refractivity contribution < 1.29 is 23.1 Å². The molecule has 106 valence electrons. The van der Waals surface area contributed by atoms with Gasteiger partial charge in [0, 0.05) is 10.7 Å². The third-order valence-electron chi connectivity index (χ3n) is 2.25. The van der Waals surface area contributed by atoms with Crippen molar-refractivity contribution in [3.05, 3.63) is 40.0 Å². The van der Waals surface area contributed by atoms with E-state index < -0.39 is 17.7 Å². The minimum absolute atomic E-state index is 0.0385. The Morgan fingerprint density at radius 3 is 2.65 bits per heavy atom. The van der Waals surface area contributed by atoms with E-state index in [1.807, 2.05) is 0 Å². The maximum Gasteiger partial charge on any atom is 0.416 e. The van der Waals surface area contributed by atoms with Crippen LogP contribution in [0.25, 0.3) is 0 Å². The molecule has 0 amide bonds. The number of hydrogen-bond acceptors (Lipinski definition) is 4. The Morgan fingerprint density at radius 1 is 1.35 bits per heavy atom. The second kappa shape index (κ2) is 5.29. The molecule has 2 N–H and O–H groups in total. The zero-order valence-electron chi connectivity index (χ0n) is 9.53. The van der Waals surface area contributed by atoms with Crippen LogP contribution >= 0.6 is 22.9 Å². The van der Waals surface area contributed by atoms with E-state index in [0.717, 1.165) is 23.5 Å². The van der Waals surface area contributed by atoms with Crippen LogP contribution in [0.4, 0.5) is 23.9 Å². The van der Waals surface area contributed by atoms with Gasteiger partial charge in [-0.05, 0) is 18.2 Å². The summed E-state index contributed by atoms with van der Waals surface area (Å²) >= 11 is 6.59. The average Bonchev–Trinajstić information content (AvgIpc) is 2.75. The van der Waals surface area contributed by atoms with Crippen LogP contribution in [-0.2, 0) is 6.18 Å². The number of anilines is 2. The van der Waals surface area contributed by atoms with E-state index in [4.69, 9.17) is 16.7 Å². The Kier molecular flexibility index (Phi) is 3.87. The summed E-state index contributed by atoms with van der Waals surface area (Å²) in [5, 5.41) is 11.5. The highest BCUT2D eigenvalue weighted by atomic mass is 35.5. The van der Waals surface area contributed by atoms with E-state index in [2.05, 4.69) is 10.3 Å². The third kappa shape index (κ3) is 3.20. The van der Waals surface area contributed by atoms with Crippen LogP contribution in [0, 0.1) is 0 Å². The zero-order valence-corrected chi connectivity index (χ0v) is 11.1. The minimum atomic E-state index is -4.54. The average molecular weight is 323 g/mol. The van der Waals surface area contributed by atoms with Crippen molar-refractivity contribution in [2.75, 3.05) is 5.32 Å². The Morgan fingerprint density at radius 2 is 2.05 bits per heavy atom. The molecule has 1 heterocycles. The summed E-state index contributed by atoms with van der Waals surface area (Å²) < 4.78 is 37.9. The molecule has 0 aliphatic heterocycles. The lowest BCUT2D eigenvalue weighted by molar-refractivity contribution is -0.137. The highest BCUT2D eigenvalue weighted by Gasteiger charge is 2.31. The van der Waals surface area contributed by atoms with Crippen molar-refractivity contribution in [3.8, 4) is 0 Å². The molecule has 2 rings (SSSR count). The van der Waals surface area contributed by atoms with Crippen molar-refractivity contribution in [2.24, 2.45) is 0 Å². The number of benzene rings is 1. The first-order valence-electron chi connectivity index (χ1n) is 5.09. The molecule has 0 bridgehead atoms. The summed E-state index contributed by atoms with van der Waals surface area (Å²) in [7, 11) is 0. The van der Waals surface area contributed by atoms with Crippen molar-refractivity contribution >= 4 is 39.6 Å². The molecule has 0 radical (unpaired) electrons. The number of nitrogens with one attached hydrogen (secondary N) is 1. The molecule has 0 unspecified atom stereocenters. The summed E-state index contributed by atoms with van der Waals surface area (Å²) in [6, 6.07) is 2.90. The number of aromatic carboxylic acids is 1. The lowest BCUT2D eigenvalue weighted by Gasteiger charge is -2.11. The van der Waals surface area contributed by atoms with Gasteiger partial charge in [0.1, 0.15) is 5.00 Å². The van der Waals surface area contributed by atoms with Crippen LogP contribution in [0.2, 0.25) is 5.02 Å². The number of halogens is 4. The van der Waals surface area contributed by atoms with E-state index in [-0.39, 0.29) is 21.4 Å². The maximum absolute atomic E-state index is 12.6. The second-order valence-electron chi connectivity index (χ2n) is 3.69. The van der Waals surface area contributed by atoms with Gasteiger partial charge < -0.3 is 10.4 Å². The van der Waals surface area contributed by atoms with Gasteiger partial charge in [-0.2, -0.15) is 13.2 Å². The standard InChI is InChI=1S/C11H6ClF3N2O2S/c12-6-1-5(11(13,14)15)2-7(3-6)17-9-8(10(18)19)16-4-20-9/h1-4,17H,(H,18,19). The molecule has 20 heavy (non-hydrogen) atoms. The van der Waals surface area contributed by atoms with Crippen molar-refractivity contribution in [1.29, 1.82) is 0 Å². The number of rotatable bonds is 3. The number of alkyl halides is 3. The maximum atomic E-state index is 12.6. The van der Waals surface area contributed by atoms with Crippen LogP contribution in [0.3, 0.4) is 0 Å². The highest BCUT2D eigenvalue weighted by Crippen LogP contribution is 2.35. The highest BCUT2D eigenvalue weighted by molar-refractivity contribution is 7.14. The van der Waals surface area contributed by atoms with Crippen molar-refractivity contribution in [3.63, 3.8) is 0 Å². The molecule has 0 aliphatic carbocycles. The summed E-state index contributed by atoms with van der Waals surface area (Å²) in [4.78, 5) is 14.5. The van der Waals surface area contributed by atoms with E-state index >= 15 is 0 Å². The molecule has 2 aromatic rings. The second-order valence-corrected chi connectivity index (χ2v) is 4.98. The van der Waals surface area contributed by atoms with E-state index in [1.54, 1.807) is 0 Å². The number of carboxylic acid groups (broad SMARTS) is 1. The number of carboxylic acids is 1. The summed E-state index contributed by atoms with van der Waals surface area (Å²) in [6.07, 6.45) is -4.54. The van der Waals surface area contributed by atoms with Gasteiger partial charge in [0.2, 0.25) is 0 Å². The smallest absolute Gasteiger partial charge is 0.416 e. The van der Waals surface area contributed by atoms with E-state index in [1.165, 1.54) is 11.6 Å². The summed E-state index contributed by atoms with van der Waals surface area (Å²) in [6.45, 7) is 0. The fraction of sp³-hybridized carbons (Fsp3) is 0.0909. The molecule has 0 spiro atoms. The predicted octanol–water partition coefficient (Wildman–Crippen LogP) is 4.26. The van der Waals surface area contributed by atoms with Gasteiger partial charge in [0.25, 0.3) is 0 Å².